The number of carbonyl (C=O) groups is 1. The molecule has 0 aliphatic rings. The number of halogens is 1. The number of nitrogens with two attached hydrogens (primary N) is 1. The second-order valence-electron chi connectivity index (χ2n) is 5.22. The van der Waals surface area contributed by atoms with E-state index in [1.165, 1.54) is 5.56 Å². The summed E-state index contributed by atoms with van der Waals surface area (Å²) in [5.41, 5.74) is 8.20. The lowest BCUT2D eigenvalue weighted by Crippen LogP contribution is -2.16. The van der Waals surface area contributed by atoms with Crippen molar-refractivity contribution in [2.45, 2.75) is 25.7 Å². The summed E-state index contributed by atoms with van der Waals surface area (Å²) in [6, 6.07) is 15.3. The molecule has 0 fully saturated rings. The summed E-state index contributed by atoms with van der Waals surface area (Å²) in [6.07, 6.45) is 1.34. The Labute approximate surface area is 143 Å². The van der Waals surface area contributed by atoms with Gasteiger partial charge in [-0.3, -0.25) is 4.79 Å². The van der Waals surface area contributed by atoms with E-state index < -0.39 is 0 Å². The van der Waals surface area contributed by atoms with E-state index in [1.54, 1.807) is 25.3 Å². The first-order chi connectivity index (χ1) is 10.6. The predicted octanol–water partition coefficient (Wildman–Crippen LogP) is 4.22. The van der Waals surface area contributed by atoms with Crippen LogP contribution in [0.4, 0.5) is 11.4 Å². The van der Waals surface area contributed by atoms with Gasteiger partial charge in [-0.15, -0.1) is 12.4 Å². The SMILES string of the molecule is CCC(CC(=O)Nc1cc(OC)ccc1N)c1ccccc1.Cl. The maximum atomic E-state index is 12.3. The Hall–Kier alpha value is -2.20. The van der Waals surface area contributed by atoms with Crippen LogP contribution < -0.4 is 15.8 Å². The van der Waals surface area contributed by atoms with Gasteiger partial charge in [-0.1, -0.05) is 37.3 Å². The van der Waals surface area contributed by atoms with Crippen molar-refractivity contribution in [3.05, 3.63) is 54.1 Å². The quantitative estimate of drug-likeness (QED) is 0.777. The van der Waals surface area contributed by atoms with Gasteiger partial charge in [0, 0.05) is 12.5 Å². The summed E-state index contributed by atoms with van der Waals surface area (Å²) < 4.78 is 5.16. The lowest BCUT2D eigenvalue weighted by Gasteiger charge is -2.16. The van der Waals surface area contributed by atoms with Crippen molar-refractivity contribution in [3.63, 3.8) is 0 Å². The van der Waals surface area contributed by atoms with Crippen LogP contribution in [0.2, 0.25) is 0 Å². The van der Waals surface area contributed by atoms with Gasteiger partial charge in [0.25, 0.3) is 0 Å². The van der Waals surface area contributed by atoms with Crippen molar-refractivity contribution in [2.24, 2.45) is 0 Å². The molecule has 0 aromatic heterocycles. The molecule has 0 aliphatic carbocycles. The summed E-state index contributed by atoms with van der Waals surface area (Å²) in [7, 11) is 1.58. The van der Waals surface area contributed by atoms with Gasteiger partial charge in [-0.25, -0.2) is 0 Å². The average Bonchev–Trinajstić information content (AvgIpc) is 2.55. The Morgan fingerprint density at radius 3 is 2.52 bits per heavy atom. The lowest BCUT2D eigenvalue weighted by atomic mass is 9.93. The molecular weight excluding hydrogens is 312 g/mol. The summed E-state index contributed by atoms with van der Waals surface area (Å²) in [4.78, 5) is 12.3. The number of rotatable bonds is 6. The topological polar surface area (TPSA) is 64.3 Å². The van der Waals surface area contributed by atoms with E-state index >= 15 is 0 Å². The van der Waals surface area contributed by atoms with E-state index in [-0.39, 0.29) is 24.2 Å². The maximum Gasteiger partial charge on any atom is 0.225 e. The maximum absolute atomic E-state index is 12.3. The smallest absolute Gasteiger partial charge is 0.225 e. The zero-order valence-corrected chi connectivity index (χ0v) is 14.2. The van der Waals surface area contributed by atoms with Gasteiger partial charge in [0.2, 0.25) is 5.91 Å². The Morgan fingerprint density at radius 2 is 1.91 bits per heavy atom. The highest BCUT2D eigenvalue weighted by molar-refractivity contribution is 5.94. The van der Waals surface area contributed by atoms with Crippen LogP contribution in [0.1, 0.15) is 31.2 Å². The van der Waals surface area contributed by atoms with E-state index in [2.05, 4.69) is 24.4 Å². The standard InChI is InChI=1S/C18H22N2O2.ClH/c1-3-13(14-7-5-4-6-8-14)11-18(21)20-17-12-15(22-2)9-10-16(17)19;/h4-10,12-13H,3,11,19H2,1-2H3,(H,20,21);1H. The summed E-state index contributed by atoms with van der Waals surface area (Å²) >= 11 is 0. The molecule has 3 N–H and O–H groups in total. The molecule has 2 aromatic carbocycles. The molecule has 0 saturated carbocycles. The highest BCUT2D eigenvalue weighted by Gasteiger charge is 2.15. The number of hydrogen-bond acceptors (Lipinski definition) is 3. The Kier molecular flexibility index (Phi) is 7.42. The molecule has 1 unspecified atom stereocenters. The van der Waals surface area contributed by atoms with Gasteiger partial charge in [0.1, 0.15) is 5.75 Å². The zero-order valence-electron chi connectivity index (χ0n) is 13.4. The lowest BCUT2D eigenvalue weighted by molar-refractivity contribution is -0.116. The highest BCUT2D eigenvalue weighted by Crippen LogP contribution is 2.27. The Balaban J connectivity index is 0.00000264. The van der Waals surface area contributed by atoms with E-state index in [1.807, 2.05) is 18.2 Å². The number of amides is 1. The fraction of sp³-hybridized carbons (Fsp3) is 0.278. The van der Waals surface area contributed by atoms with Crippen LogP contribution in [0.5, 0.6) is 5.75 Å². The van der Waals surface area contributed by atoms with Crippen molar-refractivity contribution in [1.82, 2.24) is 0 Å². The van der Waals surface area contributed by atoms with Crippen molar-refractivity contribution in [2.75, 3.05) is 18.2 Å². The molecule has 0 spiro atoms. The van der Waals surface area contributed by atoms with Crippen LogP contribution in [0.25, 0.3) is 0 Å². The molecular formula is C18H23ClN2O2. The largest absolute Gasteiger partial charge is 0.497 e. The summed E-state index contributed by atoms with van der Waals surface area (Å²) in [5.74, 6) is 0.822. The Morgan fingerprint density at radius 1 is 1.22 bits per heavy atom. The number of benzene rings is 2. The minimum atomic E-state index is -0.0457. The number of carbonyl (C=O) groups excluding carboxylic acids is 1. The van der Waals surface area contributed by atoms with Crippen LogP contribution >= 0.6 is 12.4 Å². The van der Waals surface area contributed by atoms with E-state index in [0.717, 1.165) is 6.42 Å². The van der Waals surface area contributed by atoms with Gasteiger partial charge in [-0.05, 0) is 30.0 Å². The molecule has 5 heteroatoms. The van der Waals surface area contributed by atoms with E-state index in [9.17, 15) is 4.79 Å². The molecule has 1 atom stereocenters. The summed E-state index contributed by atoms with van der Waals surface area (Å²) in [5, 5.41) is 2.88. The molecule has 0 heterocycles. The highest BCUT2D eigenvalue weighted by atomic mass is 35.5. The molecule has 2 rings (SSSR count). The van der Waals surface area contributed by atoms with Crippen LogP contribution in [-0.4, -0.2) is 13.0 Å². The van der Waals surface area contributed by atoms with Gasteiger partial charge < -0.3 is 15.8 Å². The molecule has 1 amide bonds. The third-order valence-corrected chi connectivity index (χ3v) is 3.73. The molecule has 4 nitrogen and oxygen atoms in total. The third kappa shape index (κ3) is 5.18. The molecule has 2 aromatic rings. The van der Waals surface area contributed by atoms with Crippen LogP contribution in [-0.2, 0) is 4.79 Å². The first-order valence-corrected chi connectivity index (χ1v) is 7.42. The van der Waals surface area contributed by atoms with Crippen LogP contribution in [0, 0.1) is 0 Å². The Bertz CT molecular complexity index is 632. The van der Waals surface area contributed by atoms with Gasteiger partial charge in [0.15, 0.2) is 0 Å². The van der Waals surface area contributed by atoms with Crippen molar-refractivity contribution < 1.29 is 9.53 Å². The molecule has 124 valence electrons. The molecule has 23 heavy (non-hydrogen) atoms. The first-order valence-electron chi connectivity index (χ1n) is 7.42. The van der Waals surface area contributed by atoms with E-state index in [4.69, 9.17) is 10.5 Å². The van der Waals surface area contributed by atoms with Crippen molar-refractivity contribution in [1.29, 1.82) is 0 Å². The fourth-order valence-electron chi connectivity index (χ4n) is 2.42. The second kappa shape index (κ2) is 9.06. The van der Waals surface area contributed by atoms with E-state index in [0.29, 0.717) is 23.5 Å². The third-order valence-electron chi connectivity index (χ3n) is 3.73. The number of nitrogens with one attached hydrogen (secondary N) is 1. The molecule has 0 radical (unpaired) electrons. The van der Waals surface area contributed by atoms with Crippen LogP contribution in [0.15, 0.2) is 48.5 Å². The van der Waals surface area contributed by atoms with Gasteiger partial charge >= 0.3 is 0 Å². The molecule has 0 aliphatic heterocycles. The number of nitrogen functional groups attached to an aromatic ring is 1. The van der Waals surface area contributed by atoms with Crippen molar-refractivity contribution in [3.8, 4) is 5.75 Å². The monoisotopic (exact) mass is 334 g/mol. The van der Waals surface area contributed by atoms with Crippen LogP contribution in [0.3, 0.4) is 0 Å². The summed E-state index contributed by atoms with van der Waals surface area (Å²) in [6.45, 7) is 2.09. The van der Waals surface area contributed by atoms with Gasteiger partial charge in [0.05, 0.1) is 18.5 Å². The molecule has 0 saturated heterocycles. The second-order valence-corrected chi connectivity index (χ2v) is 5.22. The average molecular weight is 335 g/mol. The minimum Gasteiger partial charge on any atom is -0.497 e. The number of hydrogen-bond donors (Lipinski definition) is 2. The van der Waals surface area contributed by atoms with Crippen molar-refractivity contribution >= 4 is 29.7 Å². The predicted molar refractivity (Wildman–Crippen MR) is 97.4 cm³/mol. The first kappa shape index (κ1) is 18.8. The molecule has 0 bridgehead atoms. The van der Waals surface area contributed by atoms with Gasteiger partial charge in [-0.2, -0.15) is 0 Å². The fourth-order valence-corrected chi connectivity index (χ4v) is 2.42. The zero-order chi connectivity index (χ0) is 15.9. The normalized spacial score (nSPS) is 11.2. The number of ether oxygens (including phenoxy) is 1. The number of anilines is 2. The minimum absolute atomic E-state index is 0. The number of methoxy groups -OCH3 is 1.